The summed E-state index contributed by atoms with van der Waals surface area (Å²) in [5.74, 6) is 1.12. The molecule has 0 spiro atoms. The van der Waals surface area contributed by atoms with Crippen LogP contribution in [0.3, 0.4) is 0 Å². The number of imidazole rings is 1. The minimum absolute atomic E-state index is 0.738. The van der Waals surface area contributed by atoms with Crippen LogP contribution in [0.5, 0.6) is 0 Å². The third kappa shape index (κ3) is 4.78. The minimum Gasteiger partial charge on any atom is -0.323 e. The molecule has 1 aliphatic rings. The van der Waals surface area contributed by atoms with E-state index in [1.54, 1.807) is 6.08 Å². The van der Waals surface area contributed by atoms with Gasteiger partial charge in [-0.05, 0) is 101 Å². The monoisotopic (exact) mass is 527 g/mol. The first-order valence-electron chi connectivity index (χ1n) is 13.6. The fraction of sp³-hybridized carbons (Fsp3) is 0.200. The van der Waals surface area contributed by atoms with Gasteiger partial charge in [-0.15, -0.1) is 0 Å². The molecule has 0 N–H and O–H groups in total. The van der Waals surface area contributed by atoms with Crippen molar-refractivity contribution in [1.82, 2.24) is 9.55 Å². The zero-order valence-electron chi connectivity index (χ0n) is 22.3. The first-order chi connectivity index (χ1) is 19.1. The van der Waals surface area contributed by atoms with Crippen LogP contribution in [0.2, 0.25) is 5.02 Å². The van der Waals surface area contributed by atoms with Crippen molar-refractivity contribution < 1.29 is 0 Å². The number of nitrogens with zero attached hydrogens (tertiary/aromatic N) is 3. The van der Waals surface area contributed by atoms with Crippen LogP contribution < -0.4 is 0 Å². The lowest BCUT2D eigenvalue weighted by Crippen LogP contribution is -2.06. The molecule has 1 heterocycles. The molecule has 0 atom stereocenters. The van der Waals surface area contributed by atoms with Crippen LogP contribution in [0.25, 0.3) is 27.7 Å². The van der Waals surface area contributed by atoms with Gasteiger partial charge < -0.3 is 4.57 Å². The van der Waals surface area contributed by atoms with Crippen LogP contribution in [0.15, 0.2) is 84.9 Å². The Bertz CT molecular complexity index is 1780. The molecule has 5 aromatic rings. The maximum absolute atomic E-state index is 9.57. The lowest BCUT2D eigenvalue weighted by molar-refractivity contribution is 0.721. The van der Waals surface area contributed by atoms with Crippen LogP contribution >= 0.6 is 11.6 Å². The van der Waals surface area contributed by atoms with Gasteiger partial charge in [0, 0.05) is 24.1 Å². The summed E-state index contributed by atoms with van der Waals surface area (Å²) in [6.07, 6.45) is 5.58. The highest BCUT2D eigenvalue weighted by atomic mass is 35.5. The number of fused-ring (bicyclic) bond motifs is 3. The van der Waals surface area contributed by atoms with Crippen molar-refractivity contribution in [3.8, 4) is 17.2 Å². The number of benzene rings is 4. The van der Waals surface area contributed by atoms with Crippen molar-refractivity contribution in [3.63, 3.8) is 0 Å². The molecule has 1 aliphatic carbocycles. The topological polar surface area (TPSA) is 41.6 Å². The Morgan fingerprint density at radius 1 is 0.923 bits per heavy atom. The molecule has 0 radical (unpaired) electrons. The van der Waals surface area contributed by atoms with E-state index < -0.39 is 0 Å². The van der Waals surface area contributed by atoms with Gasteiger partial charge >= 0.3 is 0 Å². The molecule has 4 aromatic carbocycles. The second kappa shape index (κ2) is 10.6. The average Bonchev–Trinajstić information content (AvgIpc) is 3.20. The molecule has 1 aromatic heterocycles. The van der Waals surface area contributed by atoms with E-state index in [2.05, 4.69) is 85.1 Å². The number of aromatic nitrogens is 2. The van der Waals surface area contributed by atoms with Crippen LogP contribution in [0, 0.1) is 18.3 Å². The molecular weight excluding hydrogens is 498 g/mol. The number of allylic oxidation sites excluding steroid dienone is 1. The van der Waals surface area contributed by atoms with Gasteiger partial charge in [0.2, 0.25) is 0 Å². The van der Waals surface area contributed by atoms with E-state index in [4.69, 9.17) is 16.6 Å². The molecule has 0 fully saturated rings. The Labute approximate surface area is 235 Å². The van der Waals surface area contributed by atoms with Crippen LogP contribution in [0.4, 0.5) is 0 Å². The summed E-state index contributed by atoms with van der Waals surface area (Å²) in [5.41, 5.74) is 12.8. The Morgan fingerprint density at radius 3 is 2.56 bits per heavy atom. The fourth-order valence-corrected chi connectivity index (χ4v) is 6.09. The lowest BCUT2D eigenvalue weighted by Gasteiger charge is -2.14. The molecule has 0 amide bonds. The van der Waals surface area contributed by atoms with Crippen LogP contribution in [0.1, 0.15) is 52.5 Å². The molecule has 0 unspecified atom stereocenters. The van der Waals surface area contributed by atoms with Gasteiger partial charge in [-0.25, -0.2) is 4.98 Å². The SMILES string of the molecule is CCCc1nc2c(C)cc(-c3cccc(Cl)c3)cc2n1Cc1ccc2c(c1)CCc1ccccc1C2=CC#N. The zero-order chi connectivity index (χ0) is 26.9. The van der Waals surface area contributed by atoms with Crippen molar-refractivity contribution in [2.75, 3.05) is 0 Å². The number of nitriles is 1. The Morgan fingerprint density at radius 2 is 1.74 bits per heavy atom. The highest BCUT2D eigenvalue weighted by molar-refractivity contribution is 6.30. The summed E-state index contributed by atoms with van der Waals surface area (Å²) >= 11 is 6.33. The standard InChI is InChI=1S/C35H30ClN3/c1-3-7-34-38-35-23(2)18-28(26-9-6-10-29(36)20-26)21-33(35)39(34)22-24-12-15-31-27(19-24)14-13-25-8-4-5-11-30(25)32(31)16-17-37/h4-6,8-12,15-16,18-21H,3,7,13-14,22H2,1-2H3. The molecule has 0 saturated carbocycles. The van der Waals surface area contributed by atoms with Gasteiger partial charge in [0.05, 0.1) is 17.1 Å². The van der Waals surface area contributed by atoms with E-state index >= 15 is 0 Å². The summed E-state index contributed by atoms with van der Waals surface area (Å²) in [6.45, 7) is 5.10. The number of hydrogen-bond donors (Lipinski definition) is 0. The zero-order valence-corrected chi connectivity index (χ0v) is 23.1. The Hall–Kier alpha value is -4.13. The summed E-state index contributed by atoms with van der Waals surface area (Å²) in [7, 11) is 0. The van der Waals surface area contributed by atoms with E-state index in [0.717, 1.165) is 76.4 Å². The van der Waals surface area contributed by atoms with E-state index in [1.165, 1.54) is 27.8 Å². The molecule has 0 bridgehead atoms. The summed E-state index contributed by atoms with van der Waals surface area (Å²) in [4.78, 5) is 5.11. The summed E-state index contributed by atoms with van der Waals surface area (Å²) < 4.78 is 2.39. The molecule has 39 heavy (non-hydrogen) atoms. The fourth-order valence-electron chi connectivity index (χ4n) is 5.90. The van der Waals surface area contributed by atoms with Gasteiger partial charge in [0.15, 0.2) is 0 Å². The Balaban J connectivity index is 1.44. The molecule has 192 valence electrons. The minimum atomic E-state index is 0.738. The summed E-state index contributed by atoms with van der Waals surface area (Å²) in [5, 5.41) is 10.3. The van der Waals surface area contributed by atoms with E-state index in [9.17, 15) is 5.26 Å². The third-order valence-corrected chi connectivity index (χ3v) is 7.97. The second-order valence-electron chi connectivity index (χ2n) is 10.4. The maximum Gasteiger partial charge on any atom is 0.110 e. The first-order valence-corrected chi connectivity index (χ1v) is 14.0. The second-order valence-corrected chi connectivity index (χ2v) is 10.8. The van der Waals surface area contributed by atoms with Crippen molar-refractivity contribution in [2.45, 2.75) is 46.1 Å². The molecule has 3 nitrogen and oxygen atoms in total. The predicted molar refractivity (Wildman–Crippen MR) is 161 cm³/mol. The molecule has 4 heteroatoms. The van der Waals surface area contributed by atoms with Crippen molar-refractivity contribution in [2.24, 2.45) is 0 Å². The van der Waals surface area contributed by atoms with Gasteiger partial charge in [-0.1, -0.05) is 73.1 Å². The smallest absolute Gasteiger partial charge is 0.110 e. The molecule has 0 saturated heterocycles. The lowest BCUT2D eigenvalue weighted by atomic mass is 9.93. The number of aryl methyl sites for hydroxylation is 4. The normalized spacial score (nSPS) is 13.6. The van der Waals surface area contributed by atoms with Crippen LogP contribution in [-0.2, 0) is 25.8 Å². The largest absolute Gasteiger partial charge is 0.323 e. The molecule has 6 rings (SSSR count). The van der Waals surface area contributed by atoms with E-state index in [1.807, 2.05) is 18.2 Å². The summed E-state index contributed by atoms with van der Waals surface area (Å²) in [6, 6.07) is 30.0. The predicted octanol–water partition coefficient (Wildman–Crippen LogP) is 8.72. The first kappa shape index (κ1) is 25.2. The van der Waals surface area contributed by atoms with Crippen LogP contribution in [-0.4, -0.2) is 9.55 Å². The highest BCUT2D eigenvalue weighted by Crippen LogP contribution is 2.35. The van der Waals surface area contributed by atoms with Gasteiger partial charge in [0.25, 0.3) is 0 Å². The van der Waals surface area contributed by atoms with Crippen molar-refractivity contribution in [1.29, 1.82) is 5.26 Å². The van der Waals surface area contributed by atoms with E-state index in [-0.39, 0.29) is 0 Å². The van der Waals surface area contributed by atoms with Gasteiger partial charge in [-0.3, -0.25) is 0 Å². The van der Waals surface area contributed by atoms with Gasteiger partial charge in [-0.2, -0.15) is 5.26 Å². The number of rotatable bonds is 5. The molecular formula is C35H30ClN3. The molecule has 0 aliphatic heterocycles. The highest BCUT2D eigenvalue weighted by Gasteiger charge is 2.20. The maximum atomic E-state index is 9.57. The number of halogens is 1. The Kier molecular flexibility index (Phi) is 6.81. The van der Waals surface area contributed by atoms with E-state index in [0.29, 0.717) is 0 Å². The quantitative estimate of drug-likeness (QED) is 0.214. The van der Waals surface area contributed by atoms with Gasteiger partial charge in [0.1, 0.15) is 5.82 Å². The average molecular weight is 528 g/mol. The van der Waals surface area contributed by atoms with Crippen molar-refractivity contribution in [3.05, 3.63) is 129 Å². The third-order valence-electron chi connectivity index (χ3n) is 7.74. The van der Waals surface area contributed by atoms with Crippen molar-refractivity contribution >= 4 is 28.2 Å². The number of hydrogen-bond acceptors (Lipinski definition) is 2.